The van der Waals surface area contributed by atoms with Crippen molar-refractivity contribution in [2.45, 2.75) is 0 Å². The number of methoxy groups -OCH3 is 2. The van der Waals surface area contributed by atoms with E-state index in [-0.39, 0.29) is 28.2 Å². The van der Waals surface area contributed by atoms with Crippen LogP contribution in [0.25, 0.3) is 22.3 Å². The molecule has 0 aliphatic carbocycles. The van der Waals surface area contributed by atoms with Crippen LogP contribution in [0.2, 0.25) is 0 Å². The number of benzene rings is 3. The number of rotatable bonds is 5. The van der Waals surface area contributed by atoms with Gasteiger partial charge < -0.3 is 19.4 Å². The second-order valence-corrected chi connectivity index (χ2v) is 6.54. The summed E-state index contributed by atoms with van der Waals surface area (Å²) in [5, 5.41) is 13.4. The van der Waals surface area contributed by atoms with Gasteiger partial charge in [0.2, 0.25) is 5.78 Å². The summed E-state index contributed by atoms with van der Waals surface area (Å²) in [5.41, 5.74) is 0.529. The normalized spacial score (nSPS) is 10.7. The fourth-order valence-corrected chi connectivity index (χ4v) is 3.39. The Bertz CT molecular complexity index is 1300. The van der Waals surface area contributed by atoms with Crippen LogP contribution < -0.4 is 13.9 Å². The van der Waals surface area contributed by atoms with Gasteiger partial charge in [-0.15, -0.1) is 0 Å². The monoisotopic (exact) mass is 402 g/mol. The van der Waals surface area contributed by atoms with Gasteiger partial charge in [-0.1, -0.05) is 48.5 Å². The summed E-state index contributed by atoms with van der Waals surface area (Å²) in [6.45, 7) is 0. The molecule has 0 radical (unpaired) electrons. The Kier molecular flexibility index (Phi) is 4.93. The molecule has 150 valence electrons. The summed E-state index contributed by atoms with van der Waals surface area (Å²) < 4.78 is 11.6. The molecule has 0 atom stereocenters. The molecule has 7 heteroatoms. The molecular formula is C23H18N2O5. The summed E-state index contributed by atoms with van der Waals surface area (Å²) in [6, 6.07) is 19.8. The molecule has 0 N–H and O–H groups in total. The molecule has 0 spiro atoms. The van der Waals surface area contributed by atoms with Gasteiger partial charge in [0.15, 0.2) is 17.2 Å². The fourth-order valence-electron chi connectivity index (χ4n) is 3.39. The number of ether oxygens (including phenoxy) is 2. The van der Waals surface area contributed by atoms with Gasteiger partial charge >= 0.3 is 0 Å². The Balaban J connectivity index is 2.14. The average Bonchev–Trinajstić information content (AvgIpc) is 2.81. The van der Waals surface area contributed by atoms with Gasteiger partial charge in [-0.3, -0.25) is 4.79 Å². The third kappa shape index (κ3) is 3.06. The van der Waals surface area contributed by atoms with Crippen molar-refractivity contribution in [2.24, 2.45) is 0 Å². The zero-order valence-corrected chi connectivity index (χ0v) is 16.4. The quantitative estimate of drug-likeness (QED) is 0.374. The topological polar surface area (TPSA) is 86.5 Å². The maximum absolute atomic E-state index is 13.4. The molecule has 4 aromatic rings. The summed E-state index contributed by atoms with van der Waals surface area (Å²) in [7, 11) is 2.87. The van der Waals surface area contributed by atoms with Crippen molar-refractivity contribution in [1.82, 2.24) is 4.73 Å². The van der Waals surface area contributed by atoms with Crippen molar-refractivity contribution in [3.8, 4) is 22.8 Å². The molecule has 0 aliphatic heterocycles. The number of ketones is 1. The lowest BCUT2D eigenvalue weighted by Gasteiger charge is -2.19. The largest absolute Gasteiger partial charge is 0.805 e. The first-order valence-corrected chi connectivity index (χ1v) is 9.16. The first-order chi connectivity index (χ1) is 14.6. The van der Waals surface area contributed by atoms with Crippen molar-refractivity contribution < 1.29 is 18.7 Å². The van der Waals surface area contributed by atoms with E-state index in [2.05, 4.69) is 0 Å². The number of aromatic nitrogens is 2. The summed E-state index contributed by atoms with van der Waals surface area (Å²) in [4.78, 5) is 26.7. The number of carbonyl (C=O) groups is 1. The highest BCUT2D eigenvalue weighted by Gasteiger charge is 2.30. The molecule has 0 saturated carbocycles. The predicted octanol–water partition coefficient (Wildman–Crippen LogP) is 3.82. The molecule has 0 aliphatic rings. The third-order valence-corrected chi connectivity index (χ3v) is 4.85. The Hall–Kier alpha value is -4.13. The van der Waals surface area contributed by atoms with Crippen LogP contribution in [-0.4, -0.2) is 24.7 Å². The Morgan fingerprint density at radius 2 is 1.47 bits per heavy atom. The van der Waals surface area contributed by atoms with Gasteiger partial charge in [0.05, 0.1) is 30.3 Å². The molecule has 1 heterocycles. The van der Waals surface area contributed by atoms with Gasteiger partial charge in [0, 0.05) is 16.5 Å². The van der Waals surface area contributed by atoms with Gasteiger partial charge in [0.25, 0.3) is 11.2 Å². The van der Waals surface area contributed by atoms with Crippen LogP contribution in [-0.2, 0) is 0 Å². The number of hydrogen-bond donors (Lipinski definition) is 0. The lowest BCUT2D eigenvalue weighted by atomic mass is 10.0. The Labute approximate surface area is 171 Å². The minimum absolute atomic E-state index is 0.00149. The minimum atomic E-state index is -0.550. The minimum Gasteiger partial charge on any atom is -0.805 e. The highest BCUT2D eigenvalue weighted by molar-refractivity contribution is 6.11. The zero-order valence-electron chi connectivity index (χ0n) is 16.4. The fraction of sp³-hybridized carbons (Fsp3) is 0.0870. The van der Waals surface area contributed by atoms with Crippen molar-refractivity contribution in [1.29, 1.82) is 0 Å². The number of carbonyl (C=O) groups excluding carboxylic acids is 1. The van der Waals surface area contributed by atoms with Gasteiger partial charge in [-0.05, 0) is 12.1 Å². The predicted molar refractivity (Wildman–Crippen MR) is 112 cm³/mol. The highest BCUT2D eigenvalue weighted by atomic mass is 16.5. The van der Waals surface area contributed by atoms with Crippen molar-refractivity contribution in [3.63, 3.8) is 0 Å². The molecule has 0 saturated heterocycles. The molecule has 7 nitrogen and oxygen atoms in total. The molecule has 0 amide bonds. The van der Waals surface area contributed by atoms with Gasteiger partial charge in [-0.25, -0.2) is 0 Å². The number of nitrogens with zero attached hydrogens (tertiary/aromatic N) is 2. The standard InChI is InChI=1S/C23H18N2O5/c1-29-19-13-17-18(14-20(19)30-2)25(28)22(23(26)16-11-7-4-8-12-16)21(24(17)27)15-9-5-3-6-10-15/h3-14H,1-2H3. The van der Waals surface area contributed by atoms with E-state index in [1.807, 2.05) is 0 Å². The molecular weight excluding hydrogens is 384 g/mol. The average molecular weight is 402 g/mol. The van der Waals surface area contributed by atoms with Crippen molar-refractivity contribution >= 4 is 16.8 Å². The van der Waals surface area contributed by atoms with Crippen molar-refractivity contribution in [3.05, 3.63) is 94.2 Å². The van der Waals surface area contributed by atoms with Crippen LogP contribution >= 0.6 is 0 Å². The van der Waals surface area contributed by atoms with Crippen LogP contribution in [0.4, 0.5) is 0 Å². The first kappa shape index (κ1) is 19.2. The molecule has 0 unspecified atom stereocenters. The van der Waals surface area contributed by atoms with E-state index < -0.39 is 5.78 Å². The molecule has 3 aromatic carbocycles. The SMILES string of the molecule is COc1cc2c(cc1OC)[n+](=O)c(-c1ccccc1)c(C(=O)c1ccccc1)n2[O-]. The van der Waals surface area contributed by atoms with Gasteiger partial charge in [0.1, 0.15) is 5.52 Å². The van der Waals surface area contributed by atoms with E-state index >= 15 is 0 Å². The van der Waals surface area contributed by atoms with E-state index in [4.69, 9.17) is 9.47 Å². The van der Waals surface area contributed by atoms with E-state index in [9.17, 15) is 14.9 Å². The van der Waals surface area contributed by atoms with E-state index in [1.165, 1.54) is 26.4 Å². The van der Waals surface area contributed by atoms with E-state index in [0.29, 0.717) is 26.0 Å². The van der Waals surface area contributed by atoms with Crippen LogP contribution in [0.3, 0.4) is 0 Å². The number of hydrogen-bond acceptors (Lipinski definition) is 5. The Morgan fingerprint density at radius 1 is 0.900 bits per heavy atom. The van der Waals surface area contributed by atoms with Crippen LogP contribution in [0.15, 0.2) is 72.8 Å². The lowest BCUT2D eigenvalue weighted by Crippen LogP contribution is -2.27. The van der Waals surface area contributed by atoms with Crippen molar-refractivity contribution in [2.75, 3.05) is 14.2 Å². The molecule has 30 heavy (non-hydrogen) atoms. The second-order valence-electron chi connectivity index (χ2n) is 6.54. The van der Waals surface area contributed by atoms with Crippen LogP contribution in [0.1, 0.15) is 16.1 Å². The lowest BCUT2D eigenvalue weighted by molar-refractivity contribution is -0.452. The van der Waals surface area contributed by atoms with Crippen LogP contribution in [0, 0.1) is 10.1 Å². The maximum atomic E-state index is 13.4. The molecule has 0 fully saturated rings. The van der Waals surface area contributed by atoms with E-state index in [1.54, 1.807) is 60.7 Å². The first-order valence-electron chi connectivity index (χ1n) is 9.16. The summed E-state index contributed by atoms with van der Waals surface area (Å²) in [5.74, 6) is 0.0293. The molecule has 1 aromatic heterocycles. The second kappa shape index (κ2) is 7.71. The number of fused-ring (bicyclic) bond motifs is 1. The summed E-state index contributed by atoms with van der Waals surface area (Å²) in [6.07, 6.45) is 0. The molecule has 4 rings (SSSR count). The van der Waals surface area contributed by atoms with Gasteiger partial charge in [-0.2, -0.15) is 0 Å². The Morgan fingerprint density at radius 3 is 2.07 bits per heavy atom. The van der Waals surface area contributed by atoms with E-state index in [0.717, 1.165) is 0 Å². The molecule has 0 bridgehead atoms. The van der Waals surface area contributed by atoms with Crippen LogP contribution in [0.5, 0.6) is 11.5 Å². The third-order valence-electron chi connectivity index (χ3n) is 4.85. The smallest absolute Gasteiger partial charge is 0.298 e. The zero-order chi connectivity index (χ0) is 21.3. The summed E-state index contributed by atoms with van der Waals surface area (Å²) >= 11 is 0. The highest BCUT2D eigenvalue weighted by Crippen LogP contribution is 2.33. The maximum Gasteiger partial charge on any atom is 0.298 e.